The highest BCUT2D eigenvalue weighted by atomic mass is 16.1. The lowest BCUT2D eigenvalue weighted by Gasteiger charge is -1.93. The predicted molar refractivity (Wildman–Crippen MR) is 52.0 cm³/mol. The molecule has 0 aliphatic heterocycles. The van der Waals surface area contributed by atoms with E-state index in [0.29, 0.717) is 5.56 Å². The average Bonchev–Trinajstić information content (AvgIpc) is 2.21. The van der Waals surface area contributed by atoms with Crippen LogP contribution in [0.4, 0.5) is 0 Å². The molecule has 0 saturated carbocycles. The minimum absolute atomic E-state index is 0.408. The van der Waals surface area contributed by atoms with Crippen molar-refractivity contribution in [1.82, 2.24) is 10.3 Å². The number of rotatable bonds is 1. The number of nitrogens with two attached hydrogens (primary N) is 1. The Kier molecular flexibility index (Phi) is 6.64. The zero-order valence-electron chi connectivity index (χ0n) is 7.90. The van der Waals surface area contributed by atoms with Crippen LogP contribution in [0.5, 0.6) is 0 Å². The number of nitrogens with zero attached hydrogens (tertiary/aromatic N) is 2. The predicted octanol–water partition coefficient (Wildman–Crippen LogP) is 0.257. The standard InChI is InChI=1S/C7H5N3O.C2H7N/c8-5-10-7(11)6-1-3-9-4-2-6;1-2-3/h1-4H,(H,10,11);2-3H2,1H3. The third-order valence-corrected chi connectivity index (χ3v) is 1.11. The molecule has 1 amide bonds. The van der Waals surface area contributed by atoms with Crippen molar-refractivity contribution in [2.24, 2.45) is 5.73 Å². The van der Waals surface area contributed by atoms with E-state index in [1.807, 2.05) is 12.2 Å². The van der Waals surface area contributed by atoms with E-state index < -0.39 is 5.91 Å². The fourth-order valence-corrected chi connectivity index (χ4v) is 0.626. The number of aromatic nitrogens is 1. The van der Waals surface area contributed by atoms with E-state index in [-0.39, 0.29) is 0 Å². The number of nitriles is 1. The zero-order chi connectivity index (χ0) is 10.8. The van der Waals surface area contributed by atoms with Gasteiger partial charge in [-0.3, -0.25) is 15.1 Å². The summed E-state index contributed by atoms with van der Waals surface area (Å²) >= 11 is 0. The van der Waals surface area contributed by atoms with Crippen LogP contribution in [-0.4, -0.2) is 17.4 Å². The van der Waals surface area contributed by atoms with E-state index in [2.05, 4.69) is 4.98 Å². The van der Waals surface area contributed by atoms with Gasteiger partial charge in [-0.1, -0.05) is 6.92 Å². The average molecular weight is 192 g/mol. The molecule has 0 bridgehead atoms. The lowest BCUT2D eigenvalue weighted by molar-refractivity contribution is 0.0973. The molecule has 0 fully saturated rings. The Bertz CT molecular complexity index is 304. The van der Waals surface area contributed by atoms with Crippen molar-refractivity contribution in [3.05, 3.63) is 30.1 Å². The van der Waals surface area contributed by atoms with Crippen molar-refractivity contribution < 1.29 is 4.79 Å². The second kappa shape index (κ2) is 7.71. The van der Waals surface area contributed by atoms with Crippen LogP contribution in [0.25, 0.3) is 0 Å². The molecule has 3 N–H and O–H groups in total. The SMILES string of the molecule is CCN.N#CNC(=O)c1ccncc1. The Morgan fingerprint density at radius 2 is 2.14 bits per heavy atom. The van der Waals surface area contributed by atoms with Gasteiger partial charge in [0.05, 0.1) is 0 Å². The van der Waals surface area contributed by atoms with Crippen LogP contribution in [-0.2, 0) is 0 Å². The Morgan fingerprint density at radius 3 is 2.57 bits per heavy atom. The fraction of sp³-hybridized carbons (Fsp3) is 0.222. The van der Waals surface area contributed by atoms with Crippen LogP contribution in [0.15, 0.2) is 24.5 Å². The molecule has 0 aromatic carbocycles. The molecule has 1 heterocycles. The van der Waals surface area contributed by atoms with Gasteiger partial charge < -0.3 is 5.73 Å². The Balaban J connectivity index is 0.000000500. The van der Waals surface area contributed by atoms with Gasteiger partial charge >= 0.3 is 0 Å². The summed E-state index contributed by atoms with van der Waals surface area (Å²) < 4.78 is 0. The first kappa shape index (κ1) is 12.1. The van der Waals surface area contributed by atoms with E-state index in [0.717, 1.165) is 6.54 Å². The maximum Gasteiger partial charge on any atom is 0.264 e. The largest absolute Gasteiger partial charge is 0.331 e. The van der Waals surface area contributed by atoms with Crippen molar-refractivity contribution in [3.8, 4) is 6.19 Å². The van der Waals surface area contributed by atoms with Gasteiger partial charge in [-0.25, -0.2) is 0 Å². The minimum atomic E-state index is -0.408. The van der Waals surface area contributed by atoms with Gasteiger partial charge in [0.25, 0.3) is 5.91 Å². The summed E-state index contributed by atoms with van der Waals surface area (Å²) in [5.41, 5.74) is 5.28. The zero-order valence-corrected chi connectivity index (χ0v) is 7.90. The number of carbonyl (C=O) groups excluding carboxylic acids is 1. The van der Waals surface area contributed by atoms with E-state index in [1.54, 1.807) is 6.19 Å². The smallest absolute Gasteiger partial charge is 0.264 e. The molecule has 0 aliphatic rings. The topological polar surface area (TPSA) is 91.8 Å². The first-order valence-corrected chi connectivity index (χ1v) is 4.05. The summed E-state index contributed by atoms with van der Waals surface area (Å²) in [4.78, 5) is 14.6. The van der Waals surface area contributed by atoms with Crippen LogP contribution >= 0.6 is 0 Å². The molecular weight excluding hydrogens is 180 g/mol. The van der Waals surface area contributed by atoms with Crippen LogP contribution in [0.3, 0.4) is 0 Å². The Hall–Kier alpha value is -1.93. The molecular formula is C9H12N4O. The molecule has 5 heteroatoms. The molecule has 0 atom stereocenters. The monoisotopic (exact) mass is 192 g/mol. The minimum Gasteiger partial charge on any atom is -0.331 e. The molecule has 0 aliphatic carbocycles. The highest BCUT2D eigenvalue weighted by molar-refractivity contribution is 5.94. The van der Waals surface area contributed by atoms with Crippen LogP contribution in [0, 0.1) is 11.5 Å². The molecule has 0 saturated heterocycles. The van der Waals surface area contributed by atoms with Gasteiger partial charge in [0.15, 0.2) is 6.19 Å². The molecule has 14 heavy (non-hydrogen) atoms. The summed E-state index contributed by atoms with van der Waals surface area (Å²) in [6.07, 6.45) is 4.53. The molecule has 5 nitrogen and oxygen atoms in total. The maximum absolute atomic E-state index is 10.9. The van der Waals surface area contributed by atoms with Gasteiger partial charge in [0.2, 0.25) is 0 Å². The first-order valence-electron chi connectivity index (χ1n) is 4.05. The fourth-order valence-electron chi connectivity index (χ4n) is 0.626. The summed E-state index contributed by atoms with van der Waals surface area (Å²) in [7, 11) is 0. The summed E-state index contributed by atoms with van der Waals surface area (Å²) in [6, 6.07) is 3.07. The van der Waals surface area contributed by atoms with E-state index >= 15 is 0 Å². The molecule has 1 aromatic rings. The highest BCUT2D eigenvalue weighted by Crippen LogP contribution is 1.94. The molecule has 1 aromatic heterocycles. The number of hydrogen-bond donors (Lipinski definition) is 2. The molecule has 0 unspecified atom stereocenters. The van der Waals surface area contributed by atoms with Gasteiger partial charge in [0.1, 0.15) is 0 Å². The second-order valence-corrected chi connectivity index (χ2v) is 2.21. The Labute approximate surface area is 82.6 Å². The number of pyridine rings is 1. The van der Waals surface area contributed by atoms with Gasteiger partial charge in [-0.2, -0.15) is 5.26 Å². The molecule has 74 valence electrons. The number of hydrogen-bond acceptors (Lipinski definition) is 4. The van der Waals surface area contributed by atoms with Crippen LogP contribution in [0.1, 0.15) is 17.3 Å². The van der Waals surface area contributed by atoms with Crippen molar-refractivity contribution in [2.45, 2.75) is 6.92 Å². The summed E-state index contributed by atoms with van der Waals surface area (Å²) in [6.45, 7) is 2.65. The van der Waals surface area contributed by atoms with Crippen molar-refractivity contribution in [3.63, 3.8) is 0 Å². The lowest BCUT2D eigenvalue weighted by atomic mass is 10.2. The third kappa shape index (κ3) is 4.85. The van der Waals surface area contributed by atoms with Crippen molar-refractivity contribution in [2.75, 3.05) is 6.54 Å². The molecule has 0 spiro atoms. The lowest BCUT2D eigenvalue weighted by Crippen LogP contribution is -2.16. The van der Waals surface area contributed by atoms with Gasteiger partial charge in [0, 0.05) is 18.0 Å². The number of carbonyl (C=O) groups is 1. The second-order valence-electron chi connectivity index (χ2n) is 2.21. The number of nitrogens with one attached hydrogen (secondary N) is 1. The van der Waals surface area contributed by atoms with E-state index in [4.69, 9.17) is 11.0 Å². The molecule has 1 rings (SSSR count). The normalized spacial score (nSPS) is 7.79. The van der Waals surface area contributed by atoms with Crippen LogP contribution in [0.2, 0.25) is 0 Å². The number of amides is 1. The third-order valence-electron chi connectivity index (χ3n) is 1.11. The maximum atomic E-state index is 10.9. The van der Waals surface area contributed by atoms with Crippen molar-refractivity contribution >= 4 is 5.91 Å². The highest BCUT2D eigenvalue weighted by Gasteiger charge is 2.01. The quantitative estimate of drug-likeness (QED) is 0.493. The summed E-state index contributed by atoms with van der Waals surface area (Å²) in [5, 5.41) is 10.1. The van der Waals surface area contributed by atoms with Crippen LogP contribution < -0.4 is 11.1 Å². The molecule has 0 radical (unpaired) electrons. The van der Waals surface area contributed by atoms with E-state index in [9.17, 15) is 4.79 Å². The van der Waals surface area contributed by atoms with Crippen molar-refractivity contribution in [1.29, 1.82) is 5.26 Å². The van der Waals surface area contributed by atoms with E-state index in [1.165, 1.54) is 24.5 Å². The first-order chi connectivity index (χ1) is 6.76. The Morgan fingerprint density at radius 1 is 1.64 bits per heavy atom. The van der Waals surface area contributed by atoms with Gasteiger partial charge in [-0.15, -0.1) is 0 Å². The summed E-state index contributed by atoms with van der Waals surface area (Å²) in [5.74, 6) is -0.408. The van der Waals surface area contributed by atoms with Gasteiger partial charge in [-0.05, 0) is 18.7 Å².